The molecule has 1 N–H and O–H groups in total. The van der Waals surface area contributed by atoms with Gasteiger partial charge >= 0.3 is 0 Å². The van der Waals surface area contributed by atoms with Crippen molar-refractivity contribution >= 4 is 5.69 Å². The van der Waals surface area contributed by atoms with Gasteiger partial charge in [-0.05, 0) is 45.3 Å². The fraction of sp³-hybridized carbons (Fsp3) is 0.647. The molecule has 0 spiro atoms. The van der Waals surface area contributed by atoms with E-state index >= 15 is 0 Å². The summed E-state index contributed by atoms with van der Waals surface area (Å²) in [6, 6.07) is 9.07. The Bertz CT molecular complexity index is 448. The molecule has 2 atom stereocenters. The van der Waals surface area contributed by atoms with Gasteiger partial charge in [-0.3, -0.25) is 0 Å². The normalized spacial score (nSPS) is 27.4. The van der Waals surface area contributed by atoms with Crippen LogP contribution in [0.5, 0.6) is 0 Å². The number of fused-ring (bicyclic) bond motifs is 1. The molecule has 0 aromatic heterocycles. The summed E-state index contributed by atoms with van der Waals surface area (Å²) in [7, 11) is 2.26. The fourth-order valence-corrected chi connectivity index (χ4v) is 3.66. The van der Waals surface area contributed by atoms with Crippen LogP contribution in [-0.2, 0) is 0 Å². The van der Waals surface area contributed by atoms with Gasteiger partial charge in [0, 0.05) is 30.4 Å². The molecule has 1 aromatic rings. The molecular weight excluding hydrogens is 248 g/mol. The highest BCUT2D eigenvalue weighted by Gasteiger charge is 2.25. The summed E-state index contributed by atoms with van der Waals surface area (Å²) in [5.41, 5.74) is 2.35. The molecule has 20 heavy (non-hydrogen) atoms. The lowest BCUT2D eigenvalue weighted by Crippen LogP contribution is -2.40. The van der Waals surface area contributed by atoms with Crippen molar-refractivity contribution in [2.45, 2.75) is 44.2 Å². The van der Waals surface area contributed by atoms with Crippen LogP contribution in [0.15, 0.2) is 24.3 Å². The van der Waals surface area contributed by atoms with Gasteiger partial charge in [-0.25, -0.2) is 0 Å². The second-order valence-electron chi connectivity index (χ2n) is 6.27. The third kappa shape index (κ3) is 2.84. The highest BCUT2D eigenvalue weighted by atomic mass is 16.3. The minimum Gasteiger partial charge on any atom is -0.388 e. The van der Waals surface area contributed by atoms with Crippen molar-refractivity contribution in [3.05, 3.63) is 29.8 Å². The minimum absolute atomic E-state index is 0.278. The Hall–Kier alpha value is -1.06. The number of benzene rings is 1. The number of rotatable bonds is 3. The largest absolute Gasteiger partial charge is 0.388 e. The maximum atomic E-state index is 10.1. The predicted molar refractivity (Wildman–Crippen MR) is 83.1 cm³/mol. The number of nitrogens with zero attached hydrogens (tertiary/aromatic N) is 2. The third-order valence-electron chi connectivity index (χ3n) is 4.96. The highest BCUT2D eigenvalue weighted by molar-refractivity contribution is 5.56. The summed E-state index contributed by atoms with van der Waals surface area (Å²) in [5.74, 6) is 0. The minimum atomic E-state index is -0.278. The summed E-state index contributed by atoms with van der Waals surface area (Å²) in [6.07, 6.45) is 5.89. The SMILES string of the molecule is CN1CCCCC1CCN1CCC(O)c2ccccc21. The van der Waals surface area contributed by atoms with Crippen LogP contribution in [0.25, 0.3) is 0 Å². The Kier molecular flexibility index (Phi) is 4.27. The number of anilines is 1. The topological polar surface area (TPSA) is 26.7 Å². The molecule has 2 unspecified atom stereocenters. The smallest absolute Gasteiger partial charge is 0.0826 e. The van der Waals surface area contributed by atoms with Crippen molar-refractivity contribution in [3.8, 4) is 0 Å². The first-order valence-electron chi connectivity index (χ1n) is 7.98. The number of hydrogen-bond donors (Lipinski definition) is 1. The summed E-state index contributed by atoms with van der Waals surface area (Å²) >= 11 is 0. The van der Waals surface area contributed by atoms with Gasteiger partial charge in [-0.1, -0.05) is 24.6 Å². The van der Waals surface area contributed by atoms with Crippen LogP contribution in [0.3, 0.4) is 0 Å². The number of aliphatic hydroxyl groups excluding tert-OH is 1. The molecule has 3 rings (SSSR count). The molecule has 2 aliphatic heterocycles. The van der Waals surface area contributed by atoms with Gasteiger partial charge in [0.2, 0.25) is 0 Å². The van der Waals surface area contributed by atoms with Crippen molar-refractivity contribution in [1.29, 1.82) is 0 Å². The van der Waals surface area contributed by atoms with E-state index in [1.807, 2.05) is 6.07 Å². The van der Waals surface area contributed by atoms with Crippen LogP contribution >= 0.6 is 0 Å². The fourth-order valence-electron chi connectivity index (χ4n) is 3.66. The lowest BCUT2D eigenvalue weighted by atomic mass is 9.96. The standard InChI is InChI=1S/C17H26N2O/c1-18-11-5-4-6-14(18)9-12-19-13-10-17(20)15-7-2-3-8-16(15)19/h2-3,7-8,14,17,20H,4-6,9-13H2,1H3. The Morgan fingerprint density at radius 3 is 2.85 bits per heavy atom. The van der Waals surface area contributed by atoms with E-state index in [2.05, 4.69) is 35.0 Å². The van der Waals surface area contributed by atoms with Gasteiger partial charge in [0.25, 0.3) is 0 Å². The van der Waals surface area contributed by atoms with E-state index in [0.29, 0.717) is 0 Å². The van der Waals surface area contributed by atoms with E-state index in [4.69, 9.17) is 0 Å². The van der Waals surface area contributed by atoms with E-state index in [0.717, 1.165) is 31.1 Å². The molecule has 1 fully saturated rings. The first kappa shape index (κ1) is 13.9. The Balaban J connectivity index is 1.65. The van der Waals surface area contributed by atoms with Gasteiger partial charge in [-0.15, -0.1) is 0 Å². The van der Waals surface area contributed by atoms with Crippen molar-refractivity contribution in [2.24, 2.45) is 0 Å². The van der Waals surface area contributed by atoms with Gasteiger partial charge in [0.15, 0.2) is 0 Å². The zero-order chi connectivity index (χ0) is 13.9. The molecule has 3 nitrogen and oxygen atoms in total. The number of hydrogen-bond acceptors (Lipinski definition) is 3. The van der Waals surface area contributed by atoms with Gasteiger partial charge in [-0.2, -0.15) is 0 Å². The van der Waals surface area contributed by atoms with E-state index in [-0.39, 0.29) is 6.10 Å². The van der Waals surface area contributed by atoms with Crippen molar-refractivity contribution in [1.82, 2.24) is 4.90 Å². The maximum Gasteiger partial charge on any atom is 0.0826 e. The van der Waals surface area contributed by atoms with Crippen LogP contribution in [0.4, 0.5) is 5.69 Å². The summed E-state index contributed by atoms with van der Waals surface area (Å²) in [6.45, 7) is 3.34. The Morgan fingerprint density at radius 2 is 2.00 bits per heavy atom. The van der Waals surface area contributed by atoms with Crippen molar-refractivity contribution in [3.63, 3.8) is 0 Å². The first-order chi connectivity index (χ1) is 9.75. The van der Waals surface area contributed by atoms with Crippen LogP contribution < -0.4 is 4.90 Å². The quantitative estimate of drug-likeness (QED) is 0.918. The molecule has 0 amide bonds. The van der Waals surface area contributed by atoms with Crippen LogP contribution in [-0.4, -0.2) is 42.7 Å². The average Bonchev–Trinajstić information content (AvgIpc) is 2.48. The molecule has 110 valence electrons. The van der Waals surface area contributed by atoms with Crippen LogP contribution in [0.2, 0.25) is 0 Å². The number of likely N-dealkylation sites (tertiary alicyclic amines) is 1. The van der Waals surface area contributed by atoms with Crippen molar-refractivity contribution in [2.75, 3.05) is 31.6 Å². The zero-order valence-corrected chi connectivity index (χ0v) is 12.5. The second-order valence-corrected chi connectivity index (χ2v) is 6.27. The molecule has 3 heteroatoms. The molecule has 0 aliphatic carbocycles. The summed E-state index contributed by atoms with van der Waals surface area (Å²) in [4.78, 5) is 4.98. The Morgan fingerprint density at radius 1 is 1.15 bits per heavy atom. The molecule has 2 heterocycles. The molecule has 1 aromatic carbocycles. The summed E-state index contributed by atoms with van der Waals surface area (Å²) < 4.78 is 0. The van der Waals surface area contributed by atoms with E-state index in [1.54, 1.807) is 0 Å². The summed E-state index contributed by atoms with van der Waals surface area (Å²) in [5, 5.41) is 10.1. The zero-order valence-electron chi connectivity index (χ0n) is 12.5. The van der Waals surface area contributed by atoms with E-state index in [1.165, 1.54) is 37.9 Å². The van der Waals surface area contributed by atoms with Crippen LogP contribution in [0.1, 0.15) is 43.8 Å². The average molecular weight is 274 g/mol. The predicted octanol–water partition coefficient (Wildman–Crippen LogP) is 2.80. The molecular formula is C17H26N2O. The monoisotopic (exact) mass is 274 g/mol. The van der Waals surface area contributed by atoms with E-state index < -0.39 is 0 Å². The first-order valence-corrected chi connectivity index (χ1v) is 7.98. The lowest BCUT2D eigenvalue weighted by molar-refractivity contribution is 0.160. The third-order valence-corrected chi connectivity index (χ3v) is 4.96. The van der Waals surface area contributed by atoms with Gasteiger partial charge in [0.1, 0.15) is 0 Å². The van der Waals surface area contributed by atoms with Crippen LogP contribution in [0, 0.1) is 0 Å². The second kappa shape index (κ2) is 6.15. The number of piperidine rings is 1. The molecule has 2 aliphatic rings. The van der Waals surface area contributed by atoms with Crippen molar-refractivity contribution < 1.29 is 5.11 Å². The molecule has 0 bridgehead atoms. The van der Waals surface area contributed by atoms with Gasteiger partial charge < -0.3 is 14.9 Å². The molecule has 0 saturated carbocycles. The molecule has 0 radical (unpaired) electrons. The lowest BCUT2D eigenvalue weighted by Gasteiger charge is -2.37. The maximum absolute atomic E-state index is 10.1. The number of para-hydroxylation sites is 1. The van der Waals surface area contributed by atoms with Gasteiger partial charge in [0.05, 0.1) is 6.10 Å². The Labute approximate surface area is 122 Å². The molecule has 1 saturated heterocycles. The van der Waals surface area contributed by atoms with E-state index in [9.17, 15) is 5.11 Å². The number of aliphatic hydroxyl groups is 1. The highest BCUT2D eigenvalue weighted by Crippen LogP contribution is 2.33.